The van der Waals surface area contributed by atoms with E-state index in [-0.39, 0.29) is 11.4 Å². The summed E-state index contributed by atoms with van der Waals surface area (Å²) in [6.45, 7) is 0. The van der Waals surface area contributed by atoms with Crippen LogP contribution in [0.15, 0.2) is 36.7 Å². The summed E-state index contributed by atoms with van der Waals surface area (Å²) in [5, 5.41) is 2.34. The van der Waals surface area contributed by atoms with E-state index in [9.17, 15) is 31.1 Å². The fourth-order valence-corrected chi connectivity index (χ4v) is 2.82. The lowest BCUT2D eigenvalue weighted by atomic mass is 10.0. The van der Waals surface area contributed by atoms with Crippen LogP contribution in [-0.4, -0.2) is 15.5 Å². The van der Waals surface area contributed by atoms with Crippen molar-refractivity contribution in [3.05, 3.63) is 88.5 Å². The van der Waals surface area contributed by atoms with Crippen molar-refractivity contribution in [2.75, 3.05) is 0 Å². The molecule has 4 nitrogen and oxygen atoms in total. The van der Waals surface area contributed by atoms with Crippen LogP contribution < -0.4 is 5.32 Å². The number of carbonyl (C=O) groups is 1. The first-order valence-electron chi connectivity index (χ1n) is 8.23. The number of hydrogen-bond donors (Lipinski definition) is 1. The number of nitrogens with one attached hydrogen (secondary N) is 1. The van der Waals surface area contributed by atoms with Crippen LogP contribution in [0.3, 0.4) is 0 Å². The van der Waals surface area contributed by atoms with E-state index in [1.54, 1.807) is 7.05 Å². The van der Waals surface area contributed by atoms with Gasteiger partial charge >= 0.3 is 0 Å². The molecule has 1 aromatic heterocycles. The summed E-state index contributed by atoms with van der Waals surface area (Å²) in [4.78, 5) is 16.4. The molecule has 2 aromatic carbocycles. The van der Waals surface area contributed by atoms with Gasteiger partial charge in [0.15, 0.2) is 23.3 Å². The molecule has 3 aromatic rings. The number of imidazole rings is 1. The maximum atomic E-state index is 14.3. The van der Waals surface area contributed by atoms with Gasteiger partial charge in [-0.3, -0.25) is 4.79 Å². The fraction of sp³-hybridized carbons (Fsp3) is 0.158. The molecule has 0 aliphatic rings. The van der Waals surface area contributed by atoms with Crippen LogP contribution in [0.4, 0.5) is 26.3 Å². The Labute approximate surface area is 160 Å². The number of carbonyl (C=O) groups excluding carboxylic acids is 1. The highest BCUT2D eigenvalue weighted by Gasteiger charge is 2.29. The van der Waals surface area contributed by atoms with Crippen molar-refractivity contribution in [3.63, 3.8) is 0 Å². The zero-order chi connectivity index (χ0) is 21.3. The number of benzene rings is 2. The van der Waals surface area contributed by atoms with Crippen molar-refractivity contribution in [2.24, 2.45) is 7.05 Å². The summed E-state index contributed by atoms with van der Waals surface area (Å²) in [5.41, 5.74) is -1.28. The van der Waals surface area contributed by atoms with E-state index < -0.39 is 58.8 Å². The predicted octanol–water partition coefficient (Wildman–Crippen LogP) is 3.70. The van der Waals surface area contributed by atoms with Gasteiger partial charge in [-0.05, 0) is 6.07 Å². The van der Waals surface area contributed by atoms with Crippen LogP contribution in [0.2, 0.25) is 0 Å². The van der Waals surface area contributed by atoms with Gasteiger partial charge in [0.2, 0.25) is 11.7 Å². The minimum Gasteiger partial charge on any atom is -0.342 e. The molecule has 1 unspecified atom stereocenters. The van der Waals surface area contributed by atoms with Crippen LogP contribution >= 0.6 is 0 Å². The molecule has 29 heavy (non-hydrogen) atoms. The first kappa shape index (κ1) is 20.4. The lowest BCUT2D eigenvalue weighted by Gasteiger charge is -2.20. The maximum Gasteiger partial charge on any atom is 0.225 e. The number of nitrogens with zero attached hydrogens (tertiary/aromatic N) is 2. The third-order valence-corrected chi connectivity index (χ3v) is 4.28. The lowest BCUT2D eigenvalue weighted by Crippen LogP contribution is -2.33. The van der Waals surface area contributed by atoms with E-state index in [0.717, 1.165) is 6.07 Å². The first-order chi connectivity index (χ1) is 13.7. The maximum absolute atomic E-state index is 14.3. The summed E-state index contributed by atoms with van der Waals surface area (Å²) in [7, 11) is 1.58. The van der Waals surface area contributed by atoms with Crippen LogP contribution in [0.1, 0.15) is 23.0 Å². The van der Waals surface area contributed by atoms with E-state index in [4.69, 9.17) is 0 Å². The Bertz CT molecular complexity index is 1050. The van der Waals surface area contributed by atoms with E-state index in [2.05, 4.69) is 10.3 Å². The van der Waals surface area contributed by atoms with E-state index in [1.807, 2.05) is 0 Å². The number of amides is 1. The molecule has 1 heterocycles. The smallest absolute Gasteiger partial charge is 0.225 e. The highest BCUT2D eigenvalue weighted by Crippen LogP contribution is 2.25. The van der Waals surface area contributed by atoms with E-state index in [0.29, 0.717) is 0 Å². The van der Waals surface area contributed by atoms with Gasteiger partial charge in [-0.25, -0.2) is 31.3 Å². The molecule has 0 spiro atoms. The average molecular weight is 413 g/mol. The Morgan fingerprint density at radius 1 is 1.00 bits per heavy atom. The molecule has 0 saturated heterocycles. The van der Waals surface area contributed by atoms with Crippen molar-refractivity contribution >= 4 is 5.91 Å². The van der Waals surface area contributed by atoms with Gasteiger partial charge in [0.05, 0.1) is 6.42 Å². The molecule has 0 bridgehead atoms. The van der Waals surface area contributed by atoms with Crippen molar-refractivity contribution < 1.29 is 31.1 Å². The zero-order valence-electron chi connectivity index (χ0n) is 14.8. The molecule has 1 N–H and O–H groups in total. The van der Waals surface area contributed by atoms with Gasteiger partial charge in [0, 0.05) is 30.6 Å². The summed E-state index contributed by atoms with van der Waals surface area (Å²) in [5.74, 6) is -12.4. The first-order valence-corrected chi connectivity index (χ1v) is 8.23. The second-order valence-corrected chi connectivity index (χ2v) is 6.14. The molecule has 0 radical (unpaired) electrons. The second-order valence-electron chi connectivity index (χ2n) is 6.14. The minimum absolute atomic E-state index is 0.00700. The Hall–Kier alpha value is -3.30. The quantitative estimate of drug-likeness (QED) is 0.394. The molecule has 152 valence electrons. The van der Waals surface area contributed by atoms with Crippen LogP contribution in [0, 0.1) is 34.9 Å². The molecule has 0 aliphatic carbocycles. The molecule has 0 aliphatic heterocycles. The third-order valence-electron chi connectivity index (χ3n) is 4.28. The van der Waals surface area contributed by atoms with E-state index >= 15 is 0 Å². The molecule has 1 amide bonds. The Balaban J connectivity index is 1.95. The topological polar surface area (TPSA) is 46.9 Å². The molecular weight excluding hydrogens is 400 g/mol. The zero-order valence-corrected chi connectivity index (χ0v) is 14.8. The average Bonchev–Trinajstić information content (AvgIpc) is 3.12. The third kappa shape index (κ3) is 3.82. The molecule has 0 saturated carbocycles. The molecule has 1 atom stereocenters. The Morgan fingerprint density at radius 3 is 2.14 bits per heavy atom. The van der Waals surface area contributed by atoms with Crippen molar-refractivity contribution in [1.29, 1.82) is 0 Å². The minimum atomic E-state index is -2.32. The van der Waals surface area contributed by atoms with Crippen molar-refractivity contribution in [3.8, 4) is 0 Å². The van der Waals surface area contributed by atoms with Gasteiger partial charge in [0.1, 0.15) is 17.7 Å². The largest absolute Gasteiger partial charge is 0.342 e. The highest BCUT2D eigenvalue weighted by molar-refractivity contribution is 5.79. The summed E-state index contributed by atoms with van der Waals surface area (Å²) < 4.78 is 83.3. The standard InChI is InChI=1S/C19H13F6N3O/c1-28-7-6-26-19(28)18(9-4-2-3-5-11(9)20)27-12(29)8-10-13(21)15(23)17(25)16(24)14(10)22/h2-7,18H,8H2,1H3,(H,27,29). The molecule has 10 heteroatoms. The second kappa shape index (κ2) is 7.98. The summed E-state index contributed by atoms with van der Waals surface area (Å²) >= 11 is 0. The Kier molecular flexibility index (Phi) is 5.62. The van der Waals surface area contributed by atoms with Crippen molar-refractivity contribution in [1.82, 2.24) is 14.9 Å². The highest BCUT2D eigenvalue weighted by atomic mass is 19.2. The number of rotatable bonds is 5. The summed E-state index contributed by atoms with van der Waals surface area (Å²) in [6.07, 6.45) is 1.76. The van der Waals surface area contributed by atoms with Crippen LogP contribution in [0.25, 0.3) is 0 Å². The van der Waals surface area contributed by atoms with Crippen molar-refractivity contribution in [2.45, 2.75) is 12.5 Å². The molecular formula is C19H13F6N3O. The Morgan fingerprint density at radius 2 is 1.59 bits per heavy atom. The predicted molar refractivity (Wildman–Crippen MR) is 89.5 cm³/mol. The van der Waals surface area contributed by atoms with Gasteiger partial charge in [-0.15, -0.1) is 0 Å². The van der Waals surface area contributed by atoms with Crippen LogP contribution in [-0.2, 0) is 18.3 Å². The summed E-state index contributed by atoms with van der Waals surface area (Å²) in [6, 6.07) is 4.27. The SMILES string of the molecule is Cn1ccnc1C(NC(=O)Cc1c(F)c(F)c(F)c(F)c1F)c1ccccc1F. The van der Waals surface area contributed by atoms with Gasteiger partial charge in [-0.2, -0.15) is 0 Å². The van der Waals surface area contributed by atoms with Gasteiger partial charge < -0.3 is 9.88 Å². The number of aryl methyl sites for hydroxylation is 1. The fourth-order valence-electron chi connectivity index (χ4n) is 2.82. The number of aromatic nitrogens is 2. The van der Waals surface area contributed by atoms with Gasteiger partial charge in [0.25, 0.3) is 0 Å². The van der Waals surface area contributed by atoms with Crippen LogP contribution in [0.5, 0.6) is 0 Å². The lowest BCUT2D eigenvalue weighted by molar-refractivity contribution is -0.121. The van der Waals surface area contributed by atoms with Gasteiger partial charge in [-0.1, -0.05) is 18.2 Å². The monoisotopic (exact) mass is 413 g/mol. The normalized spacial score (nSPS) is 12.1. The van der Waals surface area contributed by atoms with E-state index in [1.165, 1.54) is 35.2 Å². The number of halogens is 6. The molecule has 3 rings (SSSR count). The molecule has 0 fully saturated rings. The number of hydrogen-bond acceptors (Lipinski definition) is 2.